The SMILES string of the molecule is CCCCOC(=O)c1cccc(NC(=O)c2ccc(N3C(=O)[C@@H]4[C@@H]5C=C[C@H]([C@H]6C[C@H]56)[C@@H]4C3=O)cc2)c1. The minimum atomic E-state index is -0.426. The Morgan fingerprint density at radius 1 is 0.944 bits per heavy atom. The van der Waals surface area contributed by atoms with Crippen molar-refractivity contribution in [2.24, 2.45) is 35.5 Å². The lowest BCUT2D eigenvalue weighted by Gasteiger charge is -2.37. The molecule has 5 aliphatic rings. The Balaban J connectivity index is 1.14. The van der Waals surface area contributed by atoms with Crippen molar-refractivity contribution in [1.82, 2.24) is 0 Å². The number of nitrogens with one attached hydrogen (secondary N) is 1. The van der Waals surface area contributed by atoms with Gasteiger partial charge < -0.3 is 10.1 Å². The van der Waals surface area contributed by atoms with Crippen LogP contribution in [-0.2, 0) is 14.3 Å². The number of allylic oxidation sites excluding steroid dienone is 2. The zero-order valence-corrected chi connectivity index (χ0v) is 20.1. The van der Waals surface area contributed by atoms with E-state index >= 15 is 0 Å². The van der Waals surface area contributed by atoms with Gasteiger partial charge in [-0.3, -0.25) is 19.3 Å². The number of unbranched alkanes of at least 4 members (excludes halogenated alkanes) is 1. The molecule has 2 aromatic carbocycles. The second-order valence-electron chi connectivity index (χ2n) is 10.2. The number of hydrogen-bond acceptors (Lipinski definition) is 5. The first kappa shape index (κ1) is 22.7. The predicted molar refractivity (Wildman–Crippen MR) is 133 cm³/mol. The van der Waals surface area contributed by atoms with Gasteiger partial charge in [0.15, 0.2) is 0 Å². The summed E-state index contributed by atoms with van der Waals surface area (Å²) in [6.45, 7) is 2.38. The van der Waals surface area contributed by atoms with Gasteiger partial charge in [0, 0.05) is 11.3 Å². The van der Waals surface area contributed by atoms with Crippen LogP contribution in [0.4, 0.5) is 11.4 Å². The lowest BCUT2D eigenvalue weighted by atomic mass is 9.63. The standard InChI is InChI=1S/C29H28N2O5/c1-2-3-13-36-29(35)17-5-4-6-18(14-17)30-26(32)16-7-9-19(10-8-16)31-27(33)24-20-11-12-21(23-15-22(20)23)25(24)28(31)34/h4-12,14,20-25H,2-3,13,15H2,1H3,(H,30,32)/t20-,21-,22-,23-,24-,25+/m1/s1. The lowest BCUT2D eigenvalue weighted by Crippen LogP contribution is -2.40. The number of carbonyl (C=O) groups excluding carboxylic acids is 4. The van der Waals surface area contributed by atoms with Crippen LogP contribution in [0.5, 0.6) is 0 Å². The van der Waals surface area contributed by atoms with Crippen LogP contribution in [-0.4, -0.2) is 30.3 Å². The summed E-state index contributed by atoms with van der Waals surface area (Å²) >= 11 is 0. The number of imide groups is 1. The van der Waals surface area contributed by atoms with Crippen molar-refractivity contribution in [3.8, 4) is 0 Å². The number of hydrogen-bond donors (Lipinski definition) is 1. The van der Waals surface area contributed by atoms with Crippen molar-refractivity contribution in [2.75, 3.05) is 16.8 Å². The van der Waals surface area contributed by atoms with E-state index in [0.717, 1.165) is 19.3 Å². The Morgan fingerprint density at radius 3 is 2.25 bits per heavy atom. The molecule has 1 saturated heterocycles. The van der Waals surface area contributed by atoms with Gasteiger partial charge >= 0.3 is 5.97 Å². The zero-order valence-electron chi connectivity index (χ0n) is 20.1. The van der Waals surface area contributed by atoms with Crippen LogP contribution in [0.3, 0.4) is 0 Å². The molecule has 0 aromatic heterocycles. The summed E-state index contributed by atoms with van der Waals surface area (Å²) in [6, 6.07) is 13.1. The van der Waals surface area contributed by atoms with Gasteiger partial charge in [-0.15, -0.1) is 0 Å². The third kappa shape index (κ3) is 3.65. The van der Waals surface area contributed by atoms with Crippen molar-refractivity contribution in [3.63, 3.8) is 0 Å². The number of rotatable bonds is 7. The highest BCUT2D eigenvalue weighted by Crippen LogP contribution is 2.65. The Morgan fingerprint density at radius 2 is 1.61 bits per heavy atom. The van der Waals surface area contributed by atoms with E-state index in [1.165, 1.54) is 4.90 Å². The third-order valence-electron chi connectivity index (χ3n) is 8.14. The van der Waals surface area contributed by atoms with E-state index in [0.29, 0.717) is 40.9 Å². The normalized spacial score (nSPS) is 29.1. The van der Waals surface area contributed by atoms with E-state index in [4.69, 9.17) is 4.74 Å². The Labute approximate surface area is 209 Å². The quantitative estimate of drug-likeness (QED) is 0.271. The summed E-state index contributed by atoms with van der Waals surface area (Å²) in [4.78, 5) is 52.9. The highest BCUT2D eigenvalue weighted by Gasteiger charge is 2.67. The number of esters is 1. The maximum Gasteiger partial charge on any atom is 0.338 e. The first-order valence-corrected chi connectivity index (χ1v) is 12.7. The largest absolute Gasteiger partial charge is 0.462 e. The molecule has 36 heavy (non-hydrogen) atoms. The lowest BCUT2D eigenvalue weighted by molar-refractivity contribution is -0.124. The van der Waals surface area contributed by atoms with Crippen LogP contribution < -0.4 is 10.2 Å². The van der Waals surface area contributed by atoms with Crippen molar-refractivity contribution < 1.29 is 23.9 Å². The first-order chi connectivity index (χ1) is 17.5. The van der Waals surface area contributed by atoms with Crippen molar-refractivity contribution in [1.29, 1.82) is 0 Å². The average molecular weight is 485 g/mol. The third-order valence-corrected chi connectivity index (χ3v) is 8.14. The molecule has 1 aliphatic heterocycles. The molecule has 2 aromatic rings. The summed E-state index contributed by atoms with van der Waals surface area (Å²) in [5.41, 5.74) is 1.73. The predicted octanol–water partition coefficient (Wildman–Crippen LogP) is 4.45. The van der Waals surface area contributed by atoms with Gasteiger partial charge in [0.05, 0.1) is 29.7 Å². The van der Waals surface area contributed by atoms with E-state index in [9.17, 15) is 19.2 Å². The fourth-order valence-corrected chi connectivity index (χ4v) is 6.29. The first-order valence-electron chi connectivity index (χ1n) is 12.7. The highest BCUT2D eigenvalue weighted by molar-refractivity contribution is 6.22. The number of carbonyl (C=O) groups is 4. The zero-order chi connectivity index (χ0) is 25.0. The van der Waals surface area contributed by atoms with Crippen LogP contribution in [0, 0.1) is 35.5 Å². The fraction of sp³-hybridized carbons (Fsp3) is 0.379. The van der Waals surface area contributed by atoms with Gasteiger partial charge in [-0.05, 0) is 79.0 Å². The van der Waals surface area contributed by atoms with Crippen molar-refractivity contribution in [2.45, 2.75) is 26.2 Å². The van der Waals surface area contributed by atoms with E-state index < -0.39 is 5.97 Å². The molecule has 1 heterocycles. The van der Waals surface area contributed by atoms with E-state index in [-0.39, 0.29) is 41.4 Å². The molecule has 2 bridgehead atoms. The van der Waals surface area contributed by atoms with Crippen LogP contribution in [0.2, 0.25) is 0 Å². The molecule has 6 atom stereocenters. The minimum Gasteiger partial charge on any atom is -0.462 e. The van der Waals surface area contributed by atoms with E-state index in [1.54, 1.807) is 48.5 Å². The maximum atomic E-state index is 13.3. The molecule has 7 nitrogen and oxygen atoms in total. The van der Waals surface area contributed by atoms with E-state index in [1.807, 2.05) is 6.92 Å². The molecule has 7 heteroatoms. The molecule has 1 N–H and O–H groups in total. The second-order valence-corrected chi connectivity index (χ2v) is 10.2. The highest BCUT2D eigenvalue weighted by atomic mass is 16.5. The molecule has 3 amide bonds. The van der Waals surface area contributed by atoms with Crippen molar-refractivity contribution in [3.05, 3.63) is 71.8 Å². The summed E-state index contributed by atoms with van der Waals surface area (Å²) in [5, 5.41) is 2.80. The molecule has 0 unspecified atom stereocenters. The topological polar surface area (TPSA) is 92.8 Å². The Hall–Kier alpha value is -3.74. The molecule has 2 saturated carbocycles. The van der Waals surface area contributed by atoms with Crippen LogP contribution >= 0.6 is 0 Å². The van der Waals surface area contributed by atoms with Gasteiger partial charge in [0.25, 0.3) is 5.91 Å². The van der Waals surface area contributed by atoms with Gasteiger partial charge in [-0.25, -0.2) is 4.79 Å². The molecule has 3 fully saturated rings. The number of amides is 3. The van der Waals surface area contributed by atoms with Gasteiger partial charge in [0.2, 0.25) is 11.8 Å². The number of benzene rings is 2. The molecule has 4 aliphatic carbocycles. The maximum absolute atomic E-state index is 13.3. The molecule has 0 spiro atoms. The monoisotopic (exact) mass is 484 g/mol. The van der Waals surface area contributed by atoms with Crippen LogP contribution in [0.25, 0.3) is 0 Å². The van der Waals surface area contributed by atoms with Gasteiger partial charge in [-0.1, -0.05) is 31.6 Å². The van der Waals surface area contributed by atoms with Gasteiger partial charge in [-0.2, -0.15) is 0 Å². The second kappa shape index (κ2) is 8.73. The molecule has 184 valence electrons. The minimum absolute atomic E-state index is 0.116. The number of anilines is 2. The fourth-order valence-electron chi connectivity index (χ4n) is 6.29. The van der Waals surface area contributed by atoms with E-state index in [2.05, 4.69) is 17.5 Å². The molecular formula is C29H28N2O5. The summed E-state index contributed by atoms with van der Waals surface area (Å²) in [5.74, 6) is -0.0447. The average Bonchev–Trinajstić information content (AvgIpc) is 3.67. The van der Waals surface area contributed by atoms with Crippen LogP contribution in [0.15, 0.2) is 60.7 Å². The Kier molecular flexibility index (Phi) is 5.51. The smallest absolute Gasteiger partial charge is 0.338 e. The summed E-state index contributed by atoms with van der Waals surface area (Å²) in [6.07, 6.45) is 7.17. The molecular weight excluding hydrogens is 456 g/mol. The molecule has 0 radical (unpaired) electrons. The summed E-state index contributed by atoms with van der Waals surface area (Å²) < 4.78 is 5.24. The van der Waals surface area contributed by atoms with Crippen LogP contribution in [0.1, 0.15) is 46.9 Å². The Bertz CT molecular complexity index is 1250. The van der Waals surface area contributed by atoms with Gasteiger partial charge in [0.1, 0.15) is 0 Å². The molecule has 7 rings (SSSR count). The summed E-state index contributed by atoms with van der Waals surface area (Å²) in [7, 11) is 0. The number of nitrogens with zero attached hydrogens (tertiary/aromatic N) is 1. The number of ether oxygens (including phenoxy) is 1. The van der Waals surface area contributed by atoms with Crippen molar-refractivity contribution >= 4 is 35.1 Å².